The Kier molecular flexibility index (Phi) is 7.96. The Labute approximate surface area is 186 Å². The first-order valence-corrected chi connectivity index (χ1v) is 11.4. The predicted molar refractivity (Wildman–Crippen MR) is 125 cm³/mol. The van der Waals surface area contributed by atoms with Gasteiger partial charge in [-0.25, -0.2) is 4.79 Å². The maximum absolute atomic E-state index is 13.0. The number of amides is 2. The summed E-state index contributed by atoms with van der Waals surface area (Å²) in [5.74, 6) is 0.804. The first-order chi connectivity index (χ1) is 14.9. The van der Waals surface area contributed by atoms with E-state index < -0.39 is 0 Å². The smallest absolute Gasteiger partial charge is 0.317 e. The molecule has 1 saturated heterocycles. The summed E-state index contributed by atoms with van der Waals surface area (Å²) in [5.41, 5.74) is 2.81. The molecule has 1 unspecified atom stereocenters. The summed E-state index contributed by atoms with van der Waals surface area (Å²) in [5, 5.41) is 7.53. The van der Waals surface area contributed by atoms with Crippen molar-refractivity contribution < 1.29 is 9.32 Å². The first-order valence-electron chi connectivity index (χ1n) is 11.4. The standard InChI is InChI=1S/C24H37N5O2/c1-18(2)25-24(30)28(16-15-27(4)5)17-21-22(20-12-7-6-8-13-20)26-31-23(21)29-14-10-9-11-19(29)3/h6-8,12-13,18-19H,9-11,14-17H2,1-5H3,(H,25,30). The van der Waals surface area contributed by atoms with E-state index in [0.717, 1.165) is 48.6 Å². The molecule has 1 aliphatic rings. The van der Waals surface area contributed by atoms with E-state index in [-0.39, 0.29) is 12.1 Å². The zero-order chi connectivity index (χ0) is 22.4. The molecule has 2 amide bonds. The average Bonchev–Trinajstić information content (AvgIpc) is 3.14. The zero-order valence-electron chi connectivity index (χ0n) is 19.6. The van der Waals surface area contributed by atoms with Gasteiger partial charge in [-0.1, -0.05) is 35.5 Å². The SMILES string of the molecule is CC(C)NC(=O)N(CCN(C)C)Cc1c(-c2ccccc2)noc1N1CCCCC1C. The van der Waals surface area contributed by atoms with Crippen LogP contribution in [0.25, 0.3) is 11.3 Å². The van der Waals surface area contributed by atoms with Crippen molar-refractivity contribution in [2.24, 2.45) is 0 Å². The fraction of sp³-hybridized carbons (Fsp3) is 0.583. The normalized spacial score (nSPS) is 16.7. The molecule has 2 aromatic rings. The molecule has 2 heterocycles. The van der Waals surface area contributed by atoms with Crippen molar-refractivity contribution in [3.8, 4) is 11.3 Å². The van der Waals surface area contributed by atoms with Crippen LogP contribution in [0.3, 0.4) is 0 Å². The Morgan fingerprint density at radius 2 is 1.97 bits per heavy atom. The summed E-state index contributed by atoms with van der Waals surface area (Å²) in [6.45, 7) is 9.03. The minimum absolute atomic E-state index is 0.0605. The summed E-state index contributed by atoms with van der Waals surface area (Å²) in [6.07, 6.45) is 3.51. The quantitative estimate of drug-likeness (QED) is 0.684. The number of rotatable bonds is 8. The van der Waals surface area contributed by atoms with Crippen molar-refractivity contribution in [3.63, 3.8) is 0 Å². The minimum atomic E-state index is -0.0605. The molecule has 7 nitrogen and oxygen atoms in total. The fourth-order valence-electron chi connectivity index (χ4n) is 3.99. The van der Waals surface area contributed by atoms with Gasteiger partial charge in [0.05, 0.1) is 12.1 Å². The Morgan fingerprint density at radius 1 is 1.23 bits per heavy atom. The number of benzene rings is 1. The Hall–Kier alpha value is -2.54. The molecule has 0 aliphatic carbocycles. The number of piperidine rings is 1. The summed E-state index contributed by atoms with van der Waals surface area (Å²) in [7, 11) is 4.04. The summed E-state index contributed by atoms with van der Waals surface area (Å²) < 4.78 is 5.95. The third-order valence-electron chi connectivity index (χ3n) is 5.74. The molecule has 1 N–H and O–H groups in total. The molecule has 0 saturated carbocycles. The minimum Gasteiger partial charge on any atom is -0.338 e. The van der Waals surface area contributed by atoms with Gasteiger partial charge < -0.3 is 24.5 Å². The number of anilines is 1. The molecule has 7 heteroatoms. The highest BCUT2D eigenvalue weighted by molar-refractivity contribution is 5.76. The van der Waals surface area contributed by atoms with E-state index in [1.54, 1.807) is 0 Å². The molecule has 1 aliphatic heterocycles. The maximum Gasteiger partial charge on any atom is 0.317 e. The second-order valence-electron chi connectivity index (χ2n) is 9.05. The number of urea groups is 1. The summed E-state index contributed by atoms with van der Waals surface area (Å²) in [6, 6.07) is 10.5. The number of carbonyl (C=O) groups is 1. The van der Waals surface area contributed by atoms with Crippen molar-refractivity contribution in [2.45, 2.75) is 58.7 Å². The molecule has 0 radical (unpaired) electrons. The lowest BCUT2D eigenvalue weighted by Crippen LogP contribution is -2.45. The van der Waals surface area contributed by atoms with Crippen molar-refractivity contribution in [1.29, 1.82) is 0 Å². The molecule has 170 valence electrons. The van der Waals surface area contributed by atoms with Crippen molar-refractivity contribution in [2.75, 3.05) is 38.6 Å². The van der Waals surface area contributed by atoms with Gasteiger partial charge in [0.15, 0.2) is 0 Å². The predicted octanol–water partition coefficient (Wildman–Crippen LogP) is 4.20. The zero-order valence-corrected chi connectivity index (χ0v) is 19.6. The van der Waals surface area contributed by atoms with Gasteiger partial charge in [0.1, 0.15) is 5.69 Å². The maximum atomic E-state index is 13.0. The molecule has 1 atom stereocenters. The lowest BCUT2D eigenvalue weighted by atomic mass is 10.0. The van der Waals surface area contributed by atoms with Crippen molar-refractivity contribution >= 4 is 11.9 Å². The Balaban J connectivity index is 1.98. The Morgan fingerprint density at radius 3 is 2.61 bits per heavy atom. The molecule has 1 aromatic carbocycles. The lowest BCUT2D eigenvalue weighted by molar-refractivity contribution is 0.186. The molecular weight excluding hydrogens is 390 g/mol. The van der Waals surface area contributed by atoms with Gasteiger partial charge in [-0.3, -0.25) is 0 Å². The van der Waals surface area contributed by atoms with E-state index in [1.165, 1.54) is 6.42 Å². The molecule has 0 bridgehead atoms. The van der Waals surface area contributed by atoms with Gasteiger partial charge in [-0.15, -0.1) is 0 Å². The van der Waals surface area contributed by atoms with Gasteiger partial charge in [0, 0.05) is 37.3 Å². The van der Waals surface area contributed by atoms with E-state index in [1.807, 2.05) is 63.2 Å². The highest BCUT2D eigenvalue weighted by Gasteiger charge is 2.29. The average molecular weight is 428 g/mol. The monoisotopic (exact) mass is 427 g/mol. The van der Waals surface area contributed by atoms with Crippen LogP contribution >= 0.6 is 0 Å². The lowest BCUT2D eigenvalue weighted by Gasteiger charge is -2.34. The fourth-order valence-corrected chi connectivity index (χ4v) is 3.99. The molecule has 31 heavy (non-hydrogen) atoms. The number of aromatic nitrogens is 1. The summed E-state index contributed by atoms with van der Waals surface area (Å²) in [4.78, 5) is 19.3. The molecule has 0 spiro atoms. The molecule has 1 fully saturated rings. The van der Waals surface area contributed by atoms with Gasteiger partial charge in [0.2, 0.25) is 5.88 Å². The van der Waals surface area contributed by atoms with Crippen molar-refractivity contribution in [3.05, 3.63) is 35.9 Å². The van der Waals surface area contributed by atoms with Crippen LogP contribution in [0.15, 0.2) is 34.9 Å². The third-order valence-corrected chi connectivity index (χ3v) is 5.74. The molecule has 1 aromatic heterocycles. The van der Waals surface area contributed by atoms with Crippen LogP contribution in [0.2, 0.25) is 0 Å². The van der Waals surface area contributed by atoms with Crippen LogP contribution in [-0.2, 0) is 6.54 Å². The number of nitrogens with one attached hydrogen (secondary N) is 1. The number of hydrogen-bond donors (Lipinski definition) is 1. The van der Waals surface area contributed by atoms with Gasteiger partial charge >= 0.3 is 6.03 Å². The van der Waals surface area contributed by atoms with Gasteiger partial charge in [0.25, 0.3) is 0 Å². The largest absolute Gasteiger partial charge is 0.338 e. The Bertz CT molecular complexity index is 834. The molecule has 3 rings (SSSR count). The molecular formula is C24H37N5O2. The number of nitrogens with zero attached hydrogens (tertiary/aromatic N) is 4. The highest BCUT2D eigenvalue weighted by atomic mass is 16.5. The topological polar surface area (TPSA) is 64.9 Å². The highest BCUT2D eigenvalue weighted by Crippen LogP contribution is 2.35. The van der Waals surface area contributed by atoms with E-state index >= 15 is 0 Å². The van der Waals surface area contributed by atoms with E-state index in [0.29, 0.717) is 19.1 Å². The summed E-state index contributed by atoms with van der Waals surface area (Å²) >= 11 is 0. The van der Waals surface area contributed by atoms with Gasteiger partial charge in [-0.05, 0) is 54.1 Å². The number of likely N-dealkylation sites (N-methyl/N-ethyl adjacent to an activating group) is 1. The van der Waals surface area contributed by atoms with Crippen LogP contribution < -0.4 is 10.2 Å². The van der Waals surface area contributed by atoms with Crippen LogP contribution in [-0.4, -0.2) is 66.8 Å². The van der Waals surface area contributed by atoms with Crippen LogP contribution in [0.1, 0.15) is 45.6 Å². The van der Waals surface area contributed by atoms with E-state index in [9.17, 15) is 4.79 Å². The van der Waals surface area contributed by atoms with E-state index in [2.05, 4.69) is 27.2 Å². The number of carbonyl (C=O) groups excluding carboxylic acids is 1. The second-order valence-corrected chi connectivity index (χ2v) is 9.05. The van der Waals surface area contributed by atoms with Crippen LogP contribution in [0.5, 0.6) is 0 Å². The van der Waals surface area contributed by atoms with Crippen LogP contribution in [0.4, 0.5) is 10.7 Å². The van der Waals surface area contributed by atoms with E-state index in [4.69, 9.17) is 4.52 Å². The first kappa shape index (κ1) is 23.1. The van der Waals surface area contributed by atoms with Crippen molar-refractivity contribution in [1.82, 2.24) is 20.3 Å². The van der Waals surface area contributed by atoms with Gasteiger partial charge in [-0.2, -0.15) is 0 Å². The third kappa shape index (κ3) is 6.00. The number of hydrogen-bond acceptors (Lipinski definition) is 5. The van der Waals surface area contributed by atoms with Crippen LogP contribution in [0, 0.1) is 0 Å². The second kappa shape index (κ2) is 10.7.